The lowest BCUT2D eigenvalue weighted by molar-refractivity contribution is -0.384. The first-order chi connectivity index (χ1) is 12.2. The maximum absolute atomic E-state index is 12.1. The van der Waals surface area contributed by atoms with E-state index in [0.717, 1.165) is 0 Å². The minimum Gasteiger partial charge on any atom is -0.495 e. The molecule has 2 aromatic carbocycles. The van der Waals surface area contributed by atoms with E-state index < -0.39 is 4.92 Å². The van der Waals surface area contributed by atoms with Crippen molar-refractivity contribution in [2.75, 3.05) is 24.3 Å². The predicted molar refractivity (Wildman–Crippen MR) is 102 cm³/mol. The lowest BCUT2D eigenvalue weighted by atomic mass is 9.87. The summed E-state index contributed by atoms with van der Waals surface area (Å²) in [6.45, 7) is 6.32. The minimum absolute atomic E-state index is 0.0431. The van der Waals surface area contributed by atoms with Crippen molar-refractivity contribution in [3.63, 3.8) is 0 Å². The van der Waals surface area contributed by atoms with Crippen LogP contribution in [-0.2, 0) is 10.2 Å². The molecule has 0 saturated heterocycles. The molecule has 0 unspecified atom stereocenters. The zero-order valence-corrected chi connectivity index (χ0v) is 15.3. The molecule has 0 fully saturated rings. The second-order valence-electron chi connectivity index (χ2n) is 6.87. The molecular formula is C19H23N3O4. The van der Waals surface area contributed by atoms with E-state index >= 15 is 0 Å². The number of hydrogen-bond donors (Lipinski definition) is 2. The third-order valence-corrected chi connectivity index (χ3v) is 3.87. The van der Waals surface area contributed by atoms with E-state index in [0.29, 0.717) is 17.1 Å². The number of anilines is 2. The Bertz CT molecular complexity index is 795. The molecule has 0 aliphatic carbocycles. The highest BCUT2D eigenvalue weighted by Gasteiger charge is 2.14. The van der Waals surface area contributed by atoms with Crippen molar-refractivity contribution in [3.8, 4) is 5.75 Å². The number of benzene rings is 2. The lowest BCUT2D eigenvalue weighted by Gasteiger charge is -2.19. The van der Waals surface area contributed by atoms with Gasteiger partial charge in [-0.25, -0.2) is 0 Å². The number of non-ortho nitro benzene ring substituents is 1. The highest BCUT2D eigenvalue weighted by Crippen LogP contribution is 2.28. The van der Waals surface area contributed by atoms with Gasteiger partial charge < -0.3 is 15.4 Å². The number of nitrogens with one attached hydrogen (secondary N) is 2. The van der Waals surface area contributed by atoms with Crippen LogP contribution in [-0.4, -0.2) is 24.5 Å². The number of carbonyl (C=O) groups is 1. The summed E-state index contributed by atoms with van der Waals surface area (Å²) < 4.78 is 5.16. The number of hydrogen-bond acceptors (Lipinski definition) is 5. The van der Waals surface area contributed by atoms with E-state index in [-0.39, 0.29) is 23.6 Å². The van der Waals surface area contributed by atoms with Crippen molar-refractivity contribution < 1.29 is 14.5 Å². The number of nitro groups is 1. The van der Waals surface area contributed by atoms with Crippen LogP contribution in [0.3, 0.4) is 0 Å². The molecule has 1 amide bonds. The van der Waals surface area contributed by atoms with E-state index in [1.807, 2.05) is 24.3 Å². The van der Waals surface area contributed by atoms with Gasteiger partial charge in [0.15, 0.2) is 0 Å². The van der Waals surface area contributed by atoms with Gasteiger partial charge in [-0.3, -0.25) is 14.9 Å². The van der Waals surface area contributed by atoms with Gasteiger partial charge in [0.25, 0.3) is 5.69 Å². The second-order valence-corrected chi connectivity index (χ2v) is 6.87. The molecule has 0 radical (unpaired) electrons. The fourth-order valence-electron chi connectivity index (χ4n) is 2.38. The predicted octanol–water partition coefficient (Wildman–Crippen LogP) is 3.95. The smallest absolute Gasteiger partial charge is 0.271 e. The van der Waals surface area contributed by atoms with Gasteiger partial charge in [0.1, 0.15) is 5.75 Å². The average Bonchev–Trinajstić information content (AvgIpc) is 2.59. The van der Waals surface area contributed by atoms with Gasteiger partial charge in [-0.2, -0.15) is 0 Å². The van der Waals surface area contributed by atoms with E-state index in [9.17, 15) is 14.9 Å². The Kier molecular flexibility index (Phi) is 5.82. The molecule has 0 atom stereocenters. The molecule has 26 heavy (non-hydrogen) atoms. The van der Waals surface area contributed by atoms with Crippen molar-refractivity contribution in [2.24, 2.45) is 0 Å². The number of nitro benzene ring substituents is 1. The van der Waals surface area contributed by atoms with Gasteiger partial charge >= 0.3 is 0 Å². The van der Waals surface area contributed by atoms with Crippen LogP contribution in [0.15, 0.2) is 42.5 Å². The first-order valence-electron chi connectivity index (χ1n) is 8.17. The molecule has 2 aromatic rings. The molecule has 2 N–H and O–H groups in total. The minimum atomic E-state index is -0.499. The van der Waals surface area contributed by atoms with Crippen molar-refractivity contribution >= 4 is 23.0 Å². The van der Waals surface area contributed by atoms with Crippen molar-refractivity contribution in [3.05, 3.63) is 58.1 Å². The Labute approximate surface area is 152 Å². The molecule has 0 bridgehead atoms. The van der Waals surface area contributed by atoms with Gasteiger partial charge in [0, 0.05) is 17.8 Å². The van der Waals surface area contributed by atoms with Gasteiger partial charge in [-0.15, -0.1) is 0 Å². The topological polar surface area (TPSA) is 93.5 Å². The van der Waals surface area contributed by atoms with E-state index in [4.69, 9.17) is 4.74 Å². The third kappa shape index (κ3) is 4.95. The second kappa shape index (κ2) is 7.86. The number of amides is 1. The number of methoxy groups -OCH3 is 1. The molecule has 0 saturated carbocycles. The van der Waals surface area contributed by atoms with Gasteiger partial charge in [-0.1, -0.05) is 32.9 Å². The van der Waals surface area contributed by atoms with Gasteiger partial charge in [0.2, 0.25) is 5.91 Å². The first kappa shape index (κ1) is 19.2. The maximum Gasteiger partial charge on any atom is 0.271 e. The highest BCUT2D eigenvalue weighted by molar-refractivity contribution is 5.94. The fraction of sp³-hybridized carbons (Fsp3) is 0.316. The Hall–Kier alpha value is -3.09. The average molecular weight is 357 g/mol. The summed E-state index contributed by atoms with van der Waals surface area (Å²) in [5, 5.41) is 16.6. The number of nitrogens with zero attached hydrogens (tertiary/aromatic N) is 1. The largest absolute Gasteiger partial charge is 0.495 e. The fourth-order valence-corrected chi connectivity index (χ4v) is 2.38. The molecule has 7 nitrogen and oxygen atoms in total. The highest BCUT2D eigenvalue weighted by atomic mass is 16.6. The molecule has 0 spiro atoms. The number of rotatable bonds is 6. The van der Waals surface area contributed by atoms with Crippen LogP contribution in [0.4, 0.5) is 17.1 Å². The Morgan fingerprint density at radius 3 is 2.35 bits per heavy atom. The maximum atomic E-state index is 12.1. The summed E-state index contributed by atoms with van der Waals surface area (Å²) in [5.41, 5.74) is 2.22. The molecule has 0 aliphatic rings. The molecule has 0 heterocycles. The van der Waals surface area contributed by atoms with Crippen LogP contribution >= 0.6 is 0 Å². The quantitative estimate of drug-likeness (QED) is 0.603. The SMILES string of the molecule is COc1ccc([N+](=O)[O-])cc1NCC(=O)Nc1ccc(C(C)(C)C)cc1. The first-order valence-corrected chi connectivity index (χ1v) is 8.17. The van der Waals surface area contributed by atoms with Gasteiger partial charge in [-0.05, 0) is 29.2 Å². The molecule has 138 valence electrons. The third-order valence-electron chi connectivity index (χ3n) is 3.87. The van der Waals surface area contributed by atoms with Crippen molar-refractivity contribution in [1.29, 1.82) is 0 Å². The van der Waals surface area contributed by atoms with Crippen molar-refractivity contribution in [2.45, 2.75) is 26.2 Å². The van der Waals surface area contributed by atoms with Crippen LogP contribution < -0.4 is 15.4 Å². The summed E-state index contributed by atoms with van der Waals surface area (Å²) in [4.78, 5) is 22.5. The zero-order valence-electron chi connectivity index (χ0n) is 15.3. The normalized spacial score (nSPS) is 10.9. The number of ether oxygens (including phenoxy) is 1. The van der Waals surface area contributed by atoms with Crippen LogP contribution in [0.5, 0.6) is 5.75 Å². The van der Waals surface area contributed by atoms with Crippen LogP contribution in [0, 0.1) is 10.1 Å². The Morgan fingerprint density at radius 1 is 1.15 bits per heavy atom. The summed E-state index contributed by atoms with van der Waals surface area (Å²) in [7, 11) is 1.46. The molecule has 0 aliphatic heterocycles. The van der Waals surface area contributed by atoms with Crippen LogP contribution in [0.1, 0.15) is 26.3 Å². The molecule has 7 heteroatoms. The van der Waals surface area contributed by atoms with Crippen LogP contribution in [0.2, 0.25) is 0 Å². The van der Waals surface area contributed by atoms with E-state index in [1.165, 1.54) is 30.9 Å². The Balaban J connectivity index is 2.00. The van der Waals surface area contributed by atoms with E-state index in [2.05, 4.69) is 31.4 Å². The van der Waals surface area contributed by atoms with Crippen molar-refractivity contribution in [1.82, 2.24) is 0 Å². The van der Waals surface area contributed by atoms with Crippen LogP contribution in [0.25, 0.3) is 0 Å². The molecule has 0 aromatic heterocycles. The monoisotopic (exact) mass is 357 g/mol. The van der Waals surface area contributed by atoms with Gasteiger partial charge in [0.05, 0.1) is 24.3 Å². The Morgan fingerprint density at radius 2 is 1.81 bits per heavy atom. The molecule has 2 rings (SSSR count). The summed E-state index contributed by atoms with van der Waals surface area (Å²) in [5.74, 6) is 0.167. The zero-order chi connectivity index (χ0) is 19.3. The van der Waals surface area contributed by atoms with E-state index in [1.54, 1.807) is 0 Å². The summed E-state index contributed by atoms with van der Waals surface area (Å²) >= 11 is 0. The standard InChI is InChI=1S/C19H23N3O4/c1-19(2,3)13-5-7-14(8-6-13)21-18(23)12-20-16-11-15(22(24)25)9-10-17(16)26-4/h5-11,20H,12H2,1-4H3,(H,21,23). The summed E-state index contributed by atoms with van der Waals surface area (Å²) in [6.07, 6.45) is 0. The molecular weight excluding hydrogens is 334 g/mol. The number of carbonyl (C=O) groups excluding carboxylic acids is 1. The summed E-state index contributed by atoms with van der Waals surface area (Å²) in [6, 6.07) is 11.8. The lowest BCUT2D eigenvalue weighted by Crippen LogP contribution is -2.22.